The fourth-order valence-corrected chi connectivity index (χ4v) is 6.93. The topological polar surface area (TPSA) is 13.1 Å². The molecular weight excluding hydrogens is 569 g/mol. The summed E-state index contributed by atoms with van der Waals surface area (Å²) in [4.78, 5) is 0. The van der Waals surface area contributed by atoms with E-state index >= 15 is 0 Å². The Morgan fingerprint density at radius 3 is 1.68 bits per heavy atom. The molecule has 0 aliphatic heterocycles. The van der Waals surface area contributed by atoms with Gasteiger partial charge in [-0.2, -0.15) is 0 Å². The van der Waals surface area contributed by atoms with E-state index in [4.69, 9.17) is 15.4 Å². The summed E-state index contributed by atoms with van der Waals surface area (Å²) in [5.41, 5.74) is 7.80. The third kappa shape index (κ3) is 4.47. The van der Waals surface area contributed by atoms with E-state index in [0.717, 1.165) is 49.7 Å². The lowest BCUT2D eigenvalue weighted by molar-refractivity contribution is 0.669. The van der Waals surface area contributed by atoms with Gasteiger partial charge in [0.05, 0.1) is 15.1 Å². The van der Waals surface area contributed by atoms with Crippen LogP contribution in [0.25, 0.3) is 88.0 Å². The third-order valence-electron chi connectivity index (χ3n) is 8.76. The number of hydrogen-bond donors (Lipinski definition) is 0. The van der Waals surface area contributed by atoms with Crippen molar-refractivity contribution in [2.24, 2.45) is 0 Å². The normalized spacial score (nSPS) is 14.9. The summed E-state index contributed by atoms with van der Waals surface area (Å²) in [5, 5.41) is 1.96. The highest BCUT2D eigenvalue weighted by Gasteiger charge is 2.20. The second-order valence-electron chi connectivity index (χ2n) is 11.8. The Hall–Kier alpha value is -5.92. The molecule has 0 bridgehead atoms. The zero-order valence-electron chi connectivity index (χ0n) is 36.6. The zero-order chi connectivity index (χ0) is 41.1. The first-order valence-electron chi connectivity index (χ1n) is 20.9. The van der Waals surface area contributed by atoms with Gasteiger partial charge in [-0.1, -0.05) is 156 Å². The Morgan fingerprint density at radius 1 is 0.426 bits per heavy atom. The number of aryl methyl sites for hydroxylation is 2. The summed E-state index contributed by atoms with van der Waals surface area (Å²) >= 11 is 0. The molecule has 47 heavy (non-hydrogen) atoms. The molecule has 0 amide bonds. The van der Waals surface area contributed by atoms with E-state index < -0.39 is 54.4 Å². The van der Waals surface area contributed by atoms with Crippen LogP contribution >= 0.6 is 0 Å². The van der Waals surface area contributed by atoms with Crippen LogP contribution in [0.15, 0.2) is 162 Å². The Morgan fingerprint density at radius 2 is 1.00 bits per heavy atom. The lowest BCUT2D eigenvalue weighted by Gasteiger charge is -2.18. The van der Waals surface area contributed by atoms with Gasteiger partial charge in [0.15, 0.2) is 0 Å². The van der Waals surface area contributed by atoms with E-state index in [1.807, 2.05) is 54.6 Å². The van der Waals surface area contributed by atoms with Crippen LogP contribution in [0.1, 0.15) is 26.2 Å². The van der Waals surface area contributed by atoms with Gasteiger partial charge in [0.1, 0.15) is 11.2 Å². The number of furan rings is 1. The van der Waals surface area contributed by atoms with Crippen molar-refractivity contribution in [3.63, 3.8) is 0 Å². The van der Waals surface area contributed by atoms with Gasteiger partial charge in [-0.05, 0) is 86.5 Å². The van der Waals surface area contributed by atoms with Gasteiger partial charge in [-0.15, -0.1) is 0 Å². The number of hydrogen-bond acceptors (Lipinski definition) is 1. The molecule has 0 aliphatic rings. The van der Waals surface area contributed by atoms with Crippen molar-refractivity contribution in [2.75, 3.05) is 0 Å². The molecule has 0 unspecified atom stereocenters. The molecule has 0 saturated carbocycles. The van der Waals surface area contributed by atoms with Crippen molar-refractivity contribution in [3.05, 3.63) is 169 Å². The quantitative estimate of drug-likeness (QED) is 0.180. The van der Waals surface area contributed by atoms with Crippen molar-refractivity contribution < 1.29 is 19.5 Å². The first kappa shape index (κ1) is 18.3. The maximum atomic E-state index is 9.28. The molecule has 1 aromatic heterocycles. The molecule has 0 N–H and O–H groups in total. The minimum absolute atomic E-state index is 0.00557. The summed E-state index contributed by atoms with van der Waals surface area (Å²) in [6.07, 6.45) is 0. The average molecular weight is 612 g/mol. The van der Waals surface area contributed by atoms with Crippen LogP contribution in [0.2, 0.25) is 0 Å². The SMILES string of the molecule is [2H]c1c([2H])c([2H])c(-c2c3c([2H])ccc([2H])c3c(-c3ccc(-c4c(-c5cc(C)cc(C)c5)ccc5oc6ccccc6c45)cc3)c3c([2H])c([2H])c([2H])c([2H])c23)c([2H])c1[2H]. The predicted octanol–water partition coefficient (Wildman–Crippen LogP) is 13.2. The third-order valence-corrected chi connectivity index (χ3v) is 8.76. The fourth-order valence-electron chi connectivity index (χ4n) is 6.93. The highest BCUT2D eigenvalue weighted by Crippen LogP contribution is 2.46. The van der Waals surface area contributed by atoms with Gasteiger partial charge < -0.3 is 4.42 Å². The Kier molecular flexibility index (Phi) is 4.22. The van der Waals surface area contributed by atoms with Gasteiger partial charge in [0.25, 0.3) is 0 Å². The first-order chi connectivity index (χ1) is 27.7. The van der Waals surface area contributed by atoms with E-state index in [1.54, 1.807) is 0 Å². The predicted molar refractivity (Wildman–Crippen MR) is 200 cm³/mol. The van der Waals surface area contributed by atoms with E-state index in [9.17, 15) is 4.11 Å². The molecule has 9 rings (SSSR count). The molecule has 0 radical (unpaired) electrons. The Bertz CT molecular complexity index is 3210. The maximum absolute atomic E-state index is 9.28. The summed E-state index contributed by atoms with van der Waals surface area (Å²) in [6.45, 7) is 4.12. The minimum atomic E-state index is -0.632. The summed E-state index contributed by atoms with van der Waals surface area (Å²) in [7, 11) is 0. The van der Waals surface area contributed by atoms with Crippen LogP contribution in [0.5, 0.6) is 0 Å². The maximum Gasteiger partial charge on any atom is 0.136 e. The van der Waals surface area contributed by atoms with Crippen molar-refractivity contribution in [3.8, 4) is 44.5 Å². The van der Waals surface area contributed by atoms with Gasteiger partial charge in [0, 0.05) is 16.3 Å². The van der Waals surface area contributed by atoms with Crippen molar-refractivity contribution in [1.29, 1.82) is 0 Å². The number of para-hydroxylation sites is 1. The molecule has 0 atom stereocenters. The molecule has 1 heterocycles. The first-order valence-corrected chi connectivity index (χ1v) is 15.4. The molecule has 0 spiro atoms. The average Bonchev–Trinajstić information content (AvgIpc) is 3.60. The lowest BCUT2D eigenvalue weighted by atomic mass is 9.85. The standard InChI is InChI=1S/C46H32O/c1-29-26-30(2)28-34(27-29)35-24-25-42-46(40-18-10-11-19-41(40)47-42)45(35)33-22-20-32(21-23-33)44-38-16-8-6-14-36(38)43(31-12-4-3-5-13-31)37-15-7-9-17-39(37)44/h3-28H,1-2H3/i3D,4D,5D,6D,8D,12D,13D,14D,15D,16D,17D. The number of benzene rings is 8. The van der Waals surface area contributed by atoms with Crippen LogP contribution in [-0.4, -0.2) is 0 Å². The van der Waals surface area contributed by atoms with E-state index in [0.29, 0.717) is 11.1 Å². The molecule has 8 aromatic carbocycles. The molecular formula is C46H32O. The second kappa shape index (κ2) is 10.9. The van der Waals surface area contributed by atoms with Crippen LogP contribution < -0.4 is 0 Å². The van der Waals surface area contributed by atoms with Crippen molar-refractivity contribution in [2.45, 2.75) is 13.8 Å². The minimum Gasteiger partial charge on any atom is -0.456 e. The zero-order valence-corrected chi connectivity index (χ0v) is 25.6. The molecule has 0 saturated heterocycles. The van der Waals surface area contributed by atoms with Crippen LogP contribution in [0, 0.1) is 13.8 Å². The van der Waals surface area contributed by atoms with Gasteiger partial charge in [-0.3, -0.25) is 0 Å². The molecule has 1 nitrogen and oxygen atoms in total. The molecule has 0 fully saturated rings. The van der Waals surface area contributed by atoms with Gasteiger partial charge in [-0.25, -0.2) is 0 Å². The largest absolute Gasteiger partial charge is 0.456 e. The molecule has 0 aliphatic carbocycles. The van der Waals surface area contributed by atoms with Gasteiger partial charge >= 0.3 is 0 Å². The number of fused-ring (bicyclic) bond motifs is 5. The second-order valence-corrected chi connectivity index (χ2v) is 11.8. The fraction of sp³-hybridized carbons (Fsp3) is 0.0435. The van der Waals surface area contributed by atoms with E-state index in [2.05, 4.69) is 38.1 Å². The molecule has 222 valence electrons. The Labute approximate surface area is 289 Å². The van der Waals surface area contributed by atoms with E-state index in [-0.39, 0.29) is 50.3 Å². The van der Waals surface area contributed by atoms with E-state index in [1.165, 1.54) is 12.1 Å². The van der Waals surface area contributed by atoms with Crippen LogP contribution in [-0.2, 0) is 0 Å². The highest BCUT2D eigenvalue weighted by molar-refractivity contribution is 6.21. The van der Waals surface area contributed by atoms with Crippen molar-refractivity contribution in [1.82, 2.24) is 0 Å². The van der Waals surface area contributed by atoms with Crippen LogP contribution in [0.4, 0.5) is 0 Å². The van der Waals surface area contributed by atoms with Gasteiger partial charge in [0.2, 0.25) is 0 Å². The summed E-state index contributed by atoms with van der Waals surface area (Å²) in [5.74, 6) is 0. The summed E-state index contributed by atoms with van der Waals surface area (Å²) in [6, 6.07) is 23.3. The highest BCUT2D eigenvalue weighted by atomic mass is 16.3. The van der Waals surface area contributed by atoms with Crippen LogP contribution in [0.3, 0.4) is 0 Å². The smallest absolute Gasteiger partial charge is 0.136 e. The number of rotatable bonds is 4. The molecule has 9 aromatic rings. The monoisotopic (exact) mass is 611 g/mol. The lowest BCUT2D eigenvalue weighted by Crippen LogP contribution is -1.91. The summed E-state index contributed by atoms with van der Waals surface area (Å²) < 4.78 is 104. The molecule has 1 heteroatoms. The Balaban J connectivity index is 1.41. The van der Waals surface area contributed by atoms with Crippen molar-refractivity contribution >= 4 is 43.5 Å².